The maximum atomic E-state index is 14.5. The van der Waals surface area contributed by atoms with E-state index in [1.165, 1.54) is 24.6 Å². The molecule has 0 heterocycles. The van der Waals surface area contributed by atoms with Crippen LogP contribution in [0.15, 0.2) is 54.6 Å². The second kappa shape index (κ2) is 12.0. The van der Waals surface area contributed by atoms with Crippen LogP contribution in [-0.2, 0) is 17.3 Å². The molecular weight excluding hydrogens is 470 g/mol. The van der Waals surface area contributed by atoms with E-state index in [9.17, 15) is 26.3 Å². The van der Waals surface area contributed by atoms with E-state index in [2.05, 4.69) is 16.9 Å². The molecule has 2 aromatic carbocycles. The highest BCUT2D eigenvalue weighted by Crippen LogP contribution is 2.39. The van der Waals surface area contributed by atoms with Gasteiger partial charge >= 0.3 is 12.5 Å². The molecule has 0 unspecified atom stereocenters. The third-order valence-electron chi connectivity index (χ3n) is 6.44. The lowest BCUT2D eigenvalue weighted by atomic mass is 9.77. The zero-order valence-electron chi connectivity index (χ0n) is 19.6. The Hall–Kier alpha value is -2.48. The van der Waals surface area contributed by atoms with Crippen molar-refractivity contribution in [2.75, 3.05) is 6.61 Å². The van der Waals surface area contributed by atoms with Gasteiger partial charge < -0.3 is 9.47 Å². The van der Waals surface area contributed by atoms with Gasteiger partial charge in [-0.3, -0.25) is 0 Å². The number of halogens is 6. The van der Waals surface area contributed by atoms with Gasteiger partial charge in [-0.2, -0.15) is 8.78 Å². The van der Waals surface area contributed by atoms with Crippen molar-refractivity contribution in [2.24, 2.45) is 5.92 Å². The van der Waals surface area contributed by atoms with Crippen molar-refractivity contribution in [1.82, 2.24) is 0 Å². The van der Waals surface area contributed by atoms with Crippen LogP contribution in [0.25, 0.3) is 0 Å². The number of benzene rings is 2. The van der Waals surface area contributed by atoms with E-state index in [1.54, 1.807) is 12.1 Å². The predicted molar refractivity (Wildman–Crippen MR) is 122 cm³/mol. The van der Waals surface area contributed by atoms with Crippen molar-refractivity contribution in [1.29, 1.82) is 0 Å². The van der Waals surface area contributed by atoms with E-state index in [0.717, 1.165) is 55.7 Å². The lowest BCUT2D eigenvalue weighted by molar-refractivity contribution is -0.275. The van der Waals surface area contributed by atoms with Gasteiger partial charge in [0.2, 0.25) is 0 Å². The Morgan fingerprint density at radius 1 is 0.943 bits per heavy atom. The molecule has 0 atom stereocenters. The number of rotatable bonds is 10. The van der Waals surface area contributed by atoms with Gasteiger partial charge in [0, 0.05) is 0 Å². The Bertz CT molecular complexity index is 961. The first-order chi connectivity index (χ1) is 16.6. The van der Waals surface area contributed by atoms with Crippen molar-refractivity contribution in [2.45, 2.75) is 70.3 Å². The van der Waals surface area contributed by atoms with Gasteiger partial charge in [-0.1, -0.05) is 42.5 Å². The summed E-state index contributed by atoms with van der Waals surface area (Å²) in [6.45, 7) is 1.58. The zero-order chi connectivity index (χ0) is 25.5. The minimum absolute atomic E-state index is 0.103. The highest BCUT2D eigenvalue weighted by Gasteiger charge is 2.34. The zero-order valence-corrected chi connectivity index (χ0v) is 19.6. The van der Waals surface area contributed by atoms with Crippen molar-refractivity contribution in [3.8, 4) is 5.75 Å². The van der Waals surface area contributed by atoms with Crippen LogP contribution in [0.1, 0.15) is 68.1 Å². The van der Waals surface area contributed by atoms with Crippen LogP contribution in [-0.4, -0.2) is 13.0 Å². The average Bonchev–Trinajstić information content (AvgIpc) is 2.81. The quantitative estimate of drug-likeness (QED) is 0.240. The molecule has 2 nitrogen and oxygen atoms in total. The summed E-state index contributed by atoms with van der Waals surface area (Å²) >= 11 is 0. The van der Waals surface area contributed by atoms with Gasteiger partial charge in [0.1, 0.15) is 0 Å². The minimum atomic E-state index is -5.02. The number of ether oxygens (including phenoxy) is 2. The highest BCUT2D eigenvalue weighted by molar-refractivity contribution is 5.30. The first-order valence-corrected chi connectivity index (χ1v) is 11.8. The van der Waals surface area contributed by atoms with Gasteiger partial charge in [-0.25, -0.2) is 4.39 Å². The van der Waals surface area contributed by atoms with Crippen molar-refractivity contribution in [3.63, 3.8) is 0 Å². The third kappa shape index (κ3) is 8.30. The summed E-state index contributed by atoms with van der Waals surface area (Å²) in [5, 5.41) is 0. The normalized spacial score (nSPS) is 19.3. The van der Waals surface area contributed by atoms with Gasteiger partial charge in [0.05, 0.1) is 12.2 Å². The van der Waals surface area contributed by atoms with Crippen molar-refractivity contribution >= 4 is 0 Å². The Labute approximate surface area is 201 Å². The summed E-state index contributed by atoms with van der Waals surface area (Å²) in [7, 11) is 0. The topological polar surface area (TPSA) is 18.5 Å². The highest BCUT2D eigenvalue weighted by atomic mass is 19.4. The molecule has 0 aliphatic heterocycles. The van der Waals surface area contributed by atoms with Crippen LogP contribution in [0.5, 0.6) is 5.75 Å². The van der Waals surface area contributed by atoms with E-state index < -0.39 is 30.6 Å². The van der Waals surface area contributed by atoms with Crippen LogP contribution in [0.2, 0.25) is 0 Å². The molecule has 1 aliphatic carbocycles. The third-order valence-corrected chi connectivity index (χ3v) is 6.44. The number of allylic oxidation sites excluding steroid dienone is 2. The number of alkyl halides is 5. The molecule has 1 aliphatic rings. The Morgan fingerprint density at radius 3 is 2.23 bits per heavy atom. The molecule has 0 aromatic heterocycles. The van der Waals surface area contributed by atoms with E-state index in [0.29, 0.717) is 5.92 Å². The molecular formula is C27H30F6O2. The van der Waals surface area contributed by atoms with Gasteiger partial charge in [-0.15, -0.1) is 13.2 Å². The fraction of sp³-hybridized carbons (Fsp3) is 0.481. The Kier molecular flexibility index (Phi) is 9.27. The van der Waals surface area contributed by atoms with Crippen molar-refractivity contribution in [3.05, 3.63) is 77.1 Å². The molecule has 0 N–H and O–H groups in total. The smallest absolute Gasteiger partial charge is 0.403 e. The van der Waals surface area contributed by atoms with Gasteiger partial charge in [0.15, 0.2) is 11.6 Å². The summed E-state index contributed by atoms with van der Waals surface area (Å²) in [4.78, 5) is 0. The van der Waals surface area contributed by atoms with Crippen molar-refractivity contribution < 1.29 is 35.8 Å². The lowest BCUT2D eigenvalue weighted by Gasteiger charge is -2.29. The van der Waals surface area contributed by atoms with Crippen LogP contribution < -0.4 is 4.74 Å². The first kappa shape index (κ1) is 27.1. The molecule has 2 aromatic rings. The van der Waals surface area contributed by atoms with Crippen LogP contribution in [0, 0.1) is 11.7 Å². The Balaban J connectivity index is 1.49. The summed E-state index contributed by atoms with van der Waals surface area (Å²) in [6.07, 6.45) is 2.28. The average molecular weight is 501 g/mol. The fourth-order valence-corrected chi connectivity index (χ4v) is 4.52. The molecule has 0 spiro atoms. The molecule has 0 amide bonds. The maximum Gasteiger partial charge on any atom is 0.573 e. The summed E-state index contributed by atoms with van der Waals surface area (Å²) in [5.74, 6) is -1.11. The molecule has 0 bridgehead atoms. The largest absolute Gasteiger partial charge is 0.573 e. The number of hydrogen-bond acceptors (Lipinski definition) is 2. The fourth-order valence-electron chi connectivity index (χ4n) is 4.52. The minimum Gasteiger partial charge on any atom is -0.403 e. The van der Waals surface area contributed by atoms with E-state index in [1.807, 2.05) is 6.92 Å². The standard InChI is InChI=1S/C27H30F6O2/c1-2-3-4-5-19-6-9-21(10-7-19)22-11-13-23(14-12-22)26(29,30)34-17-16-20-8-15-25(24(28)18-20)35-27(31,32)33/h2-3,8,11-15,18-19,21H,4-7,9-10,16-17H2,1H3. The SMILES string of the molecule is CC=CCCC1CCC(c2ccc(C(F)(F)OCCc3ccc(OC(F)(F)F)c(F)c3)cc2)CC1. The molecule has 0 radical (unpaired) electrons. The van der Waals surface area contributed by atoms with Crippen LogP contribution >= 0.6 is 0 Å². The second-order valence-electron chi connectivity index (χ2n) is 8.91. The summed E-state index contributed by atoms with van der Waals surface area (Å²) in [5.41, 5.74) is 0.985. The molecule has 0 saturated heterocycles. The van der Waals surface area contributed by atoms with Crippen LogP contribution in [0.3, 0.4) is 0 Å². The predicted octanol–water partition coefficient (Wildman–Crippen LogP) is 8.66. The van der Waals surface area contributed by atoms with E-state index in [-0.39, 0.29) is 17.5 Å². The first-order valence-electron chi connectivity index (χ1n) is 11.8. The molecule has 1 saturated carbocycles. The molecule has 35 heavy (non-hydrogen) atoms. The van der Waals surface area contributed by atoms with E-state index >= 15 is 0 Å². The molecule has 1 fully saturated rings. The molecule has 8 heteroatoms. The van der Waals surface area contributed by atoms with Gasteiger partial charge in [-0.05, 0) is 87.0 Å². The molecule has 192 valence electrons. The van der Waals surface area contributed by atoms with E-state index in [4.69, 9.17) is 4.74 Å². The lowest BCUT2D eigenvalue weighted by Crippen LogP contribution is -2.20. The number of hydrogen-bond donors (Lipinski definition) is 0. The monoisotopic (exact) mass is 500 g/mol. The maximum absolute atomic E-state index is 14.5. The summed E-state index contributed by atoms with van der Waals surface area (Å²) in [6, 6.07) is 9.00. The Morgan fingerprint density at radius 2 is 1.63 bits per heavy atom. The summed E-state index contributed by atoms with van der Waals surface area (Å²) < 4.78 is 87.8. The van der Waals surface area contributed by atoms with Crippen LogP contribution in [0.4, 0.5) is 26.3 Å². The second-order valence-corrected chi connectivity index (χ2v) is 8.91. The van der Waals surface area contributed by atoms with Gasteiger partial charge in [0.25, 0.3) is 0 Å². The molecule has 3 rings (SSSR count).